The minimum absolute atomic E-state index is 0.0274. The zero-order chi connectivity index (χ0) is 16.2. The van der Waals surface area contributed by atoms with Crippen molar-refractivity contribution >= 4 is 5.97 Å². The molecule has 118 valence electrons. The molecule has 4 heteroatoms. The Morgan fingerprint density at radius 3 is 2.64 bits per heavy atom. The van der Waals surface area contributed by atoms with Crippen LogP contribution in [0.1, 0.15) is 51.6 Å². The normalized spacial score (nSPS) is 22.8. The zero-order valence-electron chi connectivity index (χ0n) is 13.6. The third-order valence-electron chi connectivity index (χ3n) is 4.04. The van der Waals surface area contributed by atoms with Crippen LogP contribution in [0.15, 0.2) is 30.3 Å². The first-order valence-corrected chi connectivity index (χ1v) is 7.82. The lowest BCUT2D eigenvalue weighted by Gasteiger charge is -2.38. The van der Waals surface area contributed by atoms with E-state index in [-0.39, 0.29) is 12.0 Å². The molecular weight excluding hydrogens is 276 g/mol. The van der Waals surface area contributed by atoms with Gasteiger partial charge in [-0.2, -0.15) is 5.26 Å². The Labute approximate surface area is 132 Å². The molecule has 2 atom stereocenters. The van der Waals surface area contributed by atoms with Crippen molar-refractivity contribution < 1.29 is 9.63 Å². The van der Waals surface area contributed by atoms with E-state index in [4.69, 9.17) is 10.1 Å². The fourth-order valence-corrected chi connectivity index (χ4v) is 2.66. The maximum atomic E-state index is 12.2. The predicted molar refractivity (Wildman–Crippen MR) is 84.4 cm³/mol. The molecule has 4 nitrogen and oxygen atoms in total. The maximum absolute atomic E-state index is 12.2. The van der Waals surface area contributed by atoms with Crippen LogP contribution in [0.3, 0.4) is 0 Å². The molecule has 0 aliphatic carbocycles. The van der Waals surface area contributed by atoms with Crippen molar-refractivity contribution in [3.8, 4) is 6.07 Å². The van der Waals surface area contributed by atoms with Gasteiger partial charge >= 0.3 is 5.97 Å². The summed E-state index contributed by atoms with van der Waals surface area (Å²) in [5, 5.41) is 10.7. The van der Waals surface area contributed by atoms with Gasteiger partial charge in [-0.1, -0.05) is 30.3 Å². The summed E-state index contributed by atoms with van der Waals surface area (Å²) >= 11 is 0. The molecule has 1 aromatic carbocycles. The second-order valence-corrected chi connectivity index (χ2v) is 6.95. The lowest BCUT2D eigenvalue weighted by atomic mass is 9.87. The number of hydrogen-bond donors (Lipinski definition) is 0. The highest BCUT2D eigenvalue weighted by Gasteiger charge is 2.34. The summed E-state index contributed by atoms with van der Waals surface area (Å²) in [4.78, 5) is 17.9. The molecule has 0 saturated carbocycles. The molecule has 1 saturated heterocycles. The molecule has 0 spiro atoms. The molecule has 0 aromatic heterocycles. The first-order valence-electron chi connectivity index (χ1n) is 7.82. The average molecular weight is 300 g/mol. The maximum Gasteiger partial charge on any atom is 0.330 e. The van der Waals surface area contributed by atoms with Crippen molar-refractivity contribution in [1.82, 2.24) is 5.06 Å². The van der Waals surface area contributed by atoms with E-state index in [0.29, 0.717) is 18.9 Å². The summed E-state index contributed by atoms with van der Waals surface area (Å²) in [5.74, 6) is 0.145. The molecule has 0 radical (unpaired) electrons. The van der Waals surface area contributed by atoms with E-state index in [1.807, 2.05) is 39.0 Å². The van der Waals surface area contributed by atoms with Crippen molar-refractivity contribution in [3.63, 3.8) is 0 Å². The van der Waals surface area contributed by atoms with Gasteiger partial charge in [-0.25, -0.2) is 4.79 Å². The van der Waals surface area contributed by atoms with Gasteiger partial charge in [-0.3, -0.25) is 0 Å². The lowest BCUT2D eigenvalue weighted by Crippen LogP contribution is -2.41. The molecule has 2 rings (SSSR count). The van der Waals surface area contributed by atoms with Crippen LogP contribution >= 0.6 is 0 Å². The van der Waals surface area contributed by atoms with Crippen LogP contribution < -0.4 is 0 Å². The smallest absolute Gasteiger partial charge is 0.330 e. The van der Waals surface area contributed by atoms with Crippen LogP contribution in [0.5, 0.6) is 0 Å². The van der Waals surface area contributed by atoms with Gasteiger partial charge in [-0.15, -0.1) is 5.06 Å². The predicted octanol–water partition coefficient (Wildman–Crippen LogP) is 3.86. The summed E-state index contributed by atoms with van der Waals surface area (Å²) < 4.78 is 0. The highest BCUT2D eigenvalue weighted by atomic mass is 16.7. The third kappa shape index (κ3) is 4.08. The summed E-state index contributed by atoms with van der Waals surface area (Å²) in [6, 6.07) is 12.4. The van der Waals surface area contributed by atoms with Gasteiger partial charge < -0.3 is 4.84 Å². The second kappa shape index (κ2) is 6.93. The molecule has 1 fully saturated rings. The number of nitriles is 1. The second-order valence-electron chi connectivity index (χ2n) is 6.95. The van der Waals surface area contributed by atoms with E-state index in [9.17, 15) is 4.79 Å². The standard InChI is InChI=1S/C18H24N2O2/c1-18(2,3)17(21)22-20-12-10-14(9-11-19)13-16(20)15-7-5-4-6-8-15/h4-8,14,16H,9-10,12-13H2,1-3H3. The summed E-state index contributed by atoms with van der Waals surface area (Å²) in [6.45, 7) is 6.24. The molecule has 0 amide bonds. The molecule has 0 bridgehead atoms. The van der Waals surface area contributed by atoms with Crippen molar-refractivity contribution in [2.45, 2.75) is 46.1 Å². The fraction of sp³-hybridized carbons (Fsp3) is 0.556. The highest BCUT2D eigenvalue weighted by molar-refractivity contribution is 5.75. The van der Waals surface area contributed by atoms with Crippen molar-refractivity contribution in [3.05, 3.63) is 35.9 Å². The molecule has 22 heavy (non-hydrogen) atoms. The first kappa shape index (κ1) is 16.5. The minimum Gasteiger partial charge on any atom is -0.367 e. The van der Waals surface area contributed by atoms with E-state index in [2.05, 4.69) is 18.2 Å². The van der Waals surface area contributed by atoms with Crippen LogP contribution in [0.4, 0.5) is 0 Å². The minimum atomic E-state index is -0.523. The van der Waals surface area contributed by atoms with E-state index in [0.717, 1.165) is 18.4 Å². The Kier molecular flexibility index (Phi) is 5.20. The number of carbonyl (C=O) groups is 1. The Bertz CT molecular complexity index is 542. The van der Waals surface area contributed by atoms with Crippen LogP contribution in [-0.4, -0.2) is 17.6 Å². The number of carbonyl (C=O) groups excluding carboxylic acids is 1. The Morgan fingerprint density at radius 1 is 1.36 bits per heavy atom. The molecular formula is C18H24N2O2. The molecule has 1 heterocycles. The molecule has 1 aromatic rings. The van der Waals surface area contributed by atoms with Gasteiger partial charge in [-0.05, 0) is 45.1 Å². The topological polar surface area (TPSA) is 53.3 Å². The van der Waals surface area contributed by atoms with Crippen molar-refractivity contribution in [2.75, 3.05) is 6.54 Å². The lowest BCUT2D eigenvalue weighted by molar-refractivity contribution is -0.221. The zero-order valence-corrected chi connectivity index (χ0v) is 13.6. The highest BCUT2D eigenvalue weighted by Crippen LogP contribution is 2.36. The summed E-state index contributed by atoms with van der Waals surface area (Å²) in [7, 11) is 0. The van der Waals surface area contributed by atoms with Crippen LogP contribution in [0, 0.1) is 22.7 Å². The number of rotatable bonds is 3. The number of nitrogens with zero attached hydrogens (tertiary/aromatic N) is 2. The van der Waals surface area contributed by atoms with Gasteiger partial charge in [0.2, 0.25) is 0 Å². The Hall–Kier alpha value is -1.86. The Morgan fingerprint density at radius 2 is 2.05 bits per heavy atom. The van der Waals surface area contributed by atoms with E-state index in [1.165, 1.54) is 0 Å². The van der Waals surface area contributed by atoms with Crippen molar-refractivity contribution in [1.29, 1.82) is 5.26 Å². The van der Waals surface area contributed by atoms with Gasteiger partial charge in [0, 0.05) is 13.0 Å². The summed E-state index contributed by atoms with van der Waals surface area (Å²) in [6.07, 6.45) is 2.29. The Balaban J connectivity index is 2.17. The number of benzene rings is 1. The van der Waals surface area contributed by atoms with E-state index in [1.54, 1.807) is 5.06 Å². The molecule has 0 N–H and O–H groups in total. The van der Waals surface area contributed by atoms with Gasteiger partial charge in [0.25, 0.3) is 0 Å². The SMILES string of the molecule is CC(C)(C)C(=O)ON1CCC(CC#N)CC1c1ccccc1. The van der Waals surface area contributed by atoms with Crippen LogP contribution in [0.2, 0.25) is 0 Å². The third-order valence-corrected chi connectivity index (χ3v) is 4.04. The van der Waals surface area contributed by atoms with Gasteiger partial charge in [0.15, 0.2) is 0 Å². The number of hydroxylamine groups is 2. The van der Waals surface area contributed by atoms with Crippen LogP contribution in [-0.2, 0) is 9.63 Å². The molecule has 1 aliphatic rings. The quantitative estimate of drug-likeness (QED) is 0.850. The van der Waals surface area contributed by atoms with Gasteiger partial charge in [0.05, 0.1) is 17.5 Å². The van der Waals surface area contributed by atoms with Crippen LogP contribution in [0.25, 0.3) is 0 Å². The monoisotopic (exact) mass is 300 g/mol. The number of hydrogen-bond acceptors (Lipinski definition) is 4. The summed E-state index contributed by atoms with van der Waals surface area (Å²) in [5.41, 5.74) is 0.608. The first-order chi connectivity index (χ1) is 10.4. The molecule has 2 unspecified atom stereocenters. The van der Waals surface area contributed by atoms with Gasteiger partial charge in [0.1, 0.15) is 0 Å². The average Bonchev–Trinajstić information content (AvgIpc) is 2.49. The van der Waals surface area contributed by atoms with E-state index < -0.39 is 5.41 Å². The largest absolute Gasteiger partial charge is 0.367 e. The fourth-order valence-electron chi connectivity index (χ4n) is 2.66. The molecule has 1 aliphatic heterocycles. The van der Waals surface area contributed by atoms with E-state index >= 15 is 0 Å². The van der Waals surface area contributed by atoms with Crippen molar-refractivity contribution in [2.24, 2.45) is 11.3 Å². The number of piperidine rings is 1.